The van der Waals surface area contributed by atoms with Gasteiger partial charge in [0.05, 0.1) is 67.8 Å². The molecule has 2 atom stereocenters. The summed E-state index contributed by atoms with van der Waals surface area (Å²) in [5.74, 6) is 0. The maximum Gasteiger partial charge on any atom is 0.0487 e. The zero-order chi connectivity index (χ0) is 56.4. The molecular formula is C54H113B4Br2ClN11O10S. The van der Waals surface area contributed by atoms with Crippen molar-refractivity contribution >= 4 is 97.2 Å². The number of ether oxygens (including phenoxy) is 3. The number of thiol groups is 1. The third kappa shape index (κ3) is 34.1. The number of rotatable bonds is 11. The molecule has 3 saturated heterocycles. The largest absolute Gasteiger partial charge is 0.286 e. The Morgan fingerprint density at radius 3 is 1.27 bits per heavy atom. The van der Waals surface area contributed by atoms with Gasteiger partial charge in [-0.3, -0.25) is 15.3 Å². The fraction of sp³-hybridized carbons (Fsp3) is 0.685. The second-order valence-corrected chi connectivity index (χ2v) is 21.0. The van der Waals surface area contributed by atoms with Crippen LogP contribution < -0.4 is 10.9 Å². The maximum absolute atomic E-state index is 5.99. The molecule has 29 heteroatoms. The van der Waals surface area contributed by atoms with Gasteiger partial charge in [0.25, 0.3) is 0 Å². The number of aromatic nitrogens is 10. The fourth-order valence-corrected chi connectivity index (χ4v) is 6.13. The van der Waals surface area contributed by atoms with Crippen LogP contribution in [0, 0.1) is 0 Å². The molecule has 1 radical (unpaired) electrons. The molecule has 0 aliphatic carbocycles. The number of nitrogens with zero attached hydrogens (tertiary/aromatic N) is 8. The molecule has 3 fully saturated rings. The van der Waals surface area contributed by atoms with E-state index in [9.17, 15) is 0 Å². The molecule has 0 saturated carbocycles. The van der Waals surface area contributed by atoms with Crippen molar-refractivity contribution in [2.75, 3.05) is 26.9 Å². The van der Waals surface area contributed by atoms with E-state index in [-0.39, 0.29) is 132 Å². The van der Waals surface area contributed by atoms with Gasteiger partial charge in [-0.1, -0.05) is 66.0 Å². The van der Waals surface area contributed by atoms with E-state index >= 15 is 0 Å². The minimum Gasteiger partial charge on any atom is -0.286 e. The molecule has 2 unspecified atom stereocenters. The molecule has 8 rings (SSSR count). The van der Waals surface area contributed by atoms with Crippen LogP contribution in [0.25, 0.3) is 0 Å². The van der Waals surface area contributed by atoms with Crippen molar-refractivity contribution in [3.63, 3.8) is 0 Å². The molecular weight excluding hydrogens is 1230 g/mol. The Balaban J connectivity index is -0.000000111. The van der Waals surface area contributed by atoms with Crippen LogP contribution in [0.15, 0.2) is 94.1 Å². The first-order chi connectivity index (χ1) is 34.5. The summed E-state index contributed by atoms with van der Waals surface area (Å²) in [6.45, 7) is 39.5. The Hall–Kier alpha value is -3.11. The maximum atomic E-state index is 5.99. The van der Waals surface area contributed by atoms with Crippen molar-refractivity contribution in [1.29, 1.82) is 0 Å². The van der Waals surface area contributed by atoms with Gasteiger partial charge >= 0.3 is 46.3 Å². The molecule has 0 amide bonds. The topological polar surface area (TPSA) is 226 Å². The standard InChI is InChI=1S/C13H23BN2O3.C9H15BN2O2.C7H15BO3.C7H11BrN2O.C4H8O.C3H3BrN2.C3H4N2.8CH4.BHNS.ClH/c1-7-17-10(2)16-9-11(8-15-16)14-18-12(3,4)13(5,6)19-14;1-8(2)9(3,4)14-10(13-8)7-5-11-12-6-7;1-6(2)7(3,4)11-8(9-5)10-6;1-3-11-6(2)10-5-7(8)4-9-10;1-3-5-4-2;4-3-1-5-6-2-3;1-2-4-5-3-1;;;;;;;;;1-2-3;/h8-10H,7H2,1-6H3;5-6H,1-4H3,(H,11,12);1-5H3;4-6H,3H2,1-2H3;3H,1,4H2,2H3;1-2H,(H,5,6);1-3H,(H,4,5);8*1H4;3H;1H. The van der Waals surface area contributed by atoms with Crippen LogP contribution in [-0.2, 0) is 46.8 Å². The normalized spacial score (nSPS) is 16.4. The first-order valence-electron chi connectivity index (χ1n) is 23.9. The molecule has 5 aromatic rings. The summed E-state index contributed by atoms with van der Waals surface area (Å²) in [5, 5.41) is 27.5. The molecule has 5 aromatic heterocycles. The van der Waals surface area contributed by atoms with Crippen molar-refractivity contribution in [1.82, 2.24) is 50.2 Å². The predicted molar refractivity (Wildman–Crippen MR) is 363 cm³/mol. The van der Waals surface area contributed by atoms with Crippen molar-refractivity contribution in [3.8, 4) is 0 Å². The van der Waals surface area contributed by atoms with Crippen molar-refractivity contribution in [2.24, 2.45) is 4.30 Å². The molecule has 3 aliphatic heterocycles. The molecule has 0 spiro atoms. The van der Waals surface area contributed by atoms with Gasteiger partial charge in [0.1, 0.15) is 12.5 Å². The summed E-state index contributed by atoms with van der Waals surface area (Å²) in [4.78, 5) is 0. The summed E-state index contributed by atoms with van der Waals surface area (Å²) in [5.41, 5.74) is 0.0656. The number of aromatic amines is 3. The molecule has 0 bridgehead atoms. The zero-order valence-corrected chi connectivity index (χ0v) is 51.9. The van der Waals surface area contributed by atoms with Crippen LogP contribution >= 0.6 is 57.1 Å². The second-order valence-electron chi connectivity index (χ2n) is 18.9. The van der Waals surface area contributed by atoms with Crippen LogP contribution in [0.2, 0.25) is 0 Å². The first-order valence-corrected chi connectivity index (χ1v) is 25.9. The van der Waals surface area contributed by atoms with E-state index in [0.29, 0.717) is 13.2 Å². The number of halogens is 3. The second kappa shape index (κ2) is 48.0. The van der Waals surface area contributed by atoms with E-state index in [1.165, 1.54) is 6.26 Å². The Morgan fingerprint density at radius 1 is 0.614 bits per heavy atom. The van der Waals surface area contributed by atoms with Gasteiger partial charge in [-0.05, 0) is 156 Å². The number of nitrogens with one attached hydrogen (secondary N) is 3. The predicted octanol–water partition coefficient (Wildman–Crippen LogP) is 14.3. The number of hydrogen-bond donors (Lipinski definition) is 4. The smallest absolute Gasteiger partial charge is 0.0487 e. The summed E-state index contributed by atoms with van der Waals surface area (Å²) in [7, 11) is 4.72. The zero-order valence-electron chi connectivity index (χ0n) is 47.0. The van der Waals surface area contributed by atoms with E-state index in [4.69, 9.17) is 42.1 Å². The number of hydrogen-bond acceptors (Lipinski definition) is 17. The Bertz CT molecular complexity index is 2170. The van der Waals surface area contributed by atoms with Crippen LogP contribution in [0.5, 0.6) is 0 Å². The van der Waals surface area contributed by atoms with Gasteiger partial charge in [-0.15, -0.1) is 12.4 Å². The van der Waals surface area contributed by atoms with E-state index in [2.05, 4.69) is 109 Å². The van der Waals surface area contributed by atoms with Gasteiger partial charge in [0, 0.05) is 80.8 Å². The van der Waals surface area contributed by atoms with Crippen molar-refractivity contribution in [3.05, 3.63) is 89.8 Å². The fourth-order valence-electron chi connectivity index (χ4n) is 5.62. The van der Waals surface area contributed by atoms with E-state index < -0.39 is 7.32 Å². The van der Waals surface area contributed by atoms with Gasteiger partial charge in [-0.25, -0.2) is 9.36 Å². The summed E-state index contributed by atoms with van der Waals surface area (Å²) in [6, 6.07) is 1.83. The van der Waals surface area contributed by atoms with Crippen molar-refractivity contribution < 1.29 is 46.8 Å². The minimum absolute atomic E-state index is 0. The van der Waals surface area contributed by atoms with Gasteiger partial charge in [0.2, 0.25) is 0 Å². The quantitative estimate of drug-likeness (QED) is 0.0548. The Morgan fingerprint density at radius 2 is 1.01 bits per heavy atom. The number of H-pyrrole nitrogens is 3. The molecule has 21 nitrogen and oxygen atoms in total. The molecule has 83 heavy (non-hydrogen) atoms. The van der Waals surface area contributed by atoms with Crippen LogP contribution in [-0.4, -0.2) is 140 Å². The average molecular weight is 1350 g/mol. The Kier molecular flexibility index (Phi) is 57.2. The van der Waals surface area contributed by atoms with Gasteiger partial charge in [-0.2, -0.15) is 25.5 Å². The molecule has 3 N–H and O–H groups in total. The molecule has 483 valence electrons. The van der Waals surface area contributed by atoms with E-state index in [0.717, 1.165) is 26.5 Å². The third-order valence-electron chi connectivity index (χ3n) is 11.9. The Labute approximate surface area is 535 Å². The SMILES string of the molecule is Brc1cn[nH]c1.C.C.C.C.C.C.C.C.C=COCC.CC1(C)OB(c2cn[nH]c2)OC1(C)C.CCOC(C)n1cc(B2OC(C)(C)C(C)(C)O2)cn1.CCOC(C)n1cc(Br)cn1.COB1OC(C)(C)C(C)(C)O1.Cl.[B]=NS.c1cn[nH]c1. The van der Waals surface area contributed by atoms with Crippen LogP contribution in [0.4, 0.5) is 0 Å². The first kappa shape index (κ1) is 98.9. The average Bonchev–Trinajstić information content (AvgIpc) is 4.18. The third-order valence-corrected chi connectivity index (χ3v) is 12.7. The van der Waals surface area contributed by atoms with Crippen molar-refractivity contribution in [2.45, 2.75) is 223 Å². The van der Waals surface area contributed by atoms with Crippen LogP contribution in [0.3, 0.4) is 0 Å². The van der Waals surface area contributed by atoms with Gasteiger partial charge in [0.15, 0.2) is 0 Å². The summed E-state index contributed by atoms with van der Waals surface area (Å²) < 4.78 is 63.1. The molecule has 3 aliphatic rings. The molecule has 0 aromatic carbocycles. The van der Waals surface area contributed by atoms with Crippen LogP contribution in [0.1, 0.15) is 190 Å². The minimum atomic E-state index is -0.514. The summed E-state index contributed by atoms with van der Waals surface area (Å²) >= 11 is 9.69. The monoisotopic (exact) mass is 1340 g/mol. The summed E-state index contributed by atoms with van der Waals surface area (Å²) in [6.07, 6.45) is 19.1. The van der Waals surface area contributed by atoms with E-state index in [1.54, 1.807) is 66.0 Å². The van der Waals surface area contributed by atoms with E-state index in [1.807, 2.05) is 136 Å². The van der Waals surface area contributed by atoms with Gasteiger partial charge < -0.3 is 46.8 Å². The molecule has 8 heterocycles.